The fourth-order valence-corrected chi connectivity index (χ4v) is 4.57. The van der Waals surface area contributed by atoms with Crippen LogP contribution in [0.4, 0.5) is 0 Å². The normalized spacial score (nSPS) is 11.1. The Hall–Kier alpha value is -4.05. The topological polar surface area (TPSA) is 40.5 Å². The van der Waals surface area contributed by atoms with Gasteiger partial charge in [0.15, 0.2) is 0 Å². The Balaban J connectivity index is 1.47. The van der Waals surface area contributed by atoms with E-state index in [1.54, 1.807) is 0 Å². The summed E-state index contributed by atoms with van der Waals surface area (Å²) in [5, 5.41) is 3.32. The van der Waals surface area contributed by atoms with Gasteiger partial charge in [0.1, 0.15) is 11.4 Å². The van der Waals surface area contributed by atoms with Crippen molar-refractivity contribution in [3.63, 3.8) is 0 Å². The molecule has 5 rings (SSSR count). The minimum absolute atomic E-state index is 0.299. The van der Waals surface area contributed by atoms with E-state index in [4.69, 9.17) is 9.47 Å². The minimum atomic E-state index is -0.299. The van der Waals surface area contributed by atoms with Gasteiger partial charge < -0.3 is 14.0 Å². The van der Waals surface area contributed by atoms with Gasteiger partial charge >= 0.3 is 5.97 Å². The molecule has 0 radical (unpaired) electrons. The standard InChI is InChI=1S/C30H27NO3/c1-2-33-30(32)29-28(23-13-4-3-5-14-23)25-17-8-9-18-26(25)31(29)20-11-21-34-27-19-10-15-22-12-6-7-16-24(22)27/h3-10,12-19H,2,11,20-21H2,1H3. The molecule has 0 aliphatic heterocycles. The van der Waals surface area contributed by atoms with Crippen LogP contribution in [-0.2, 0) is 11.3 Å². The number of aryl methyl sites for hydroxylation is 1. The summed E-state index contributed by atoms with van der Waals surface area (Å²) in [4.78, 5) is 13.2. The number of esters is 1. The van der Waals surface area contributed by atoms with Crippen molar-refractivity contribution in [2.24, 2.45) is 0 Å². The number of para-hydroxylation sites is 1. The zero-order valence-corrected chi connectivity index (χ0v) is 19.2. The lowest BCUT2D eigenvalue weighted by molar-refractivity contribution is 0.0515. The average Bonchev–Trinajstić information content (AvgIpc) is 3.22. The van der Waals surface area contributed by atoms with Gasteiger partial charge in [-0.25, -0.2) is 4.79 Å². The lowest BCUT2D eigenvalue weighted by Gasteiger charge is -2.13. The van der Waals surface area contributed by atoms with Gasteiger partial charge in [-0.3, -0.25) is 0 Å². The molecule has 0 aliphatic carbocycles. The molecule has 0 aliphatic rings. The van der Waals surface area contributed by atoms with Gasteiger partial charge in [0, 0.05) is 28.4 Å². The lowest BCUT2D eigenvalue weighted by atomic mass is 10.0. The monoisotopic (exact) mass is 449 g/mol. The first-order valence-electron chi connectivity index (χ1n) is 11.7. The van der Waals surface area contributed by atoms with Crippen molar-refractivity contribution in [1.29, 1.82) is 0 Å². The SMILES string of the molecule is CCOC(=O)c1c(-c2ccccc2)c2ccccc2n1CCCOc1cccc2ccccc12. The molecule has 1 aromatic heterocycles. The predicted molar refractivity (Wildman–Crippen MR) is 137 cm³/mol. The van der Waals surface area contributed by atoms with Crippen LogP contribution in [0.2, 0.25) is 0 Å². The van der Waals surface area contributed by atoms with Crippen LogP contribution < -0.4 is 4.74 Å². The van der Waals surface area contributed by atoms with E-state index in [1.165, 1.54) is 0 Å². The van der Waals surface area contributed by atoms with Crippen molar-refractivity contribution >= 4 is 27.6 Å². The molecule has 4 aromatic carbocycles. The van der Waals surface area contributed by atoms with Crippen molar-refractivity contribution in [2.45, 2.75) is 19.9 Å². The fraction of sp³-hybridized carbons (Fsp3) is 0.167. The zero-order valence-electron chi connectivity index (χ0n) is 19.2. The Bertz CT molecular complexity index is 1430. The highest BCUT2D eigenvalue weighted by Gasteiger charge is 2.24. The molecule has 0 saturated carbocycles. The van der Waals surface area contributed by atoms with Crippen LogP contribution in [0.1, 0.15) is 23.8 Å². The summed E-state index contributed by atoms with van der Waals surface area (Å²) < 4.78 is 13.7. The van der Waals surface area contributed by atoms with Crippen molar-refractivity contribution in [1.82, 2.24) is 4.57 Å². The maximum absolute atomic E-state index is 13.2. The minimum Gasteiger partial charge on any atom is -0.493 e. The number of benzene rings is 4. The van der Waals surface area contributed by atoms with Gasteiger partial charge in [-0.15, -0.1) is 0 Å². The number of fused-ring (bicyclic) bond motifs is 2. The molecular weight excluding hydrogens is 422 g/mol. The van der Waals surface area contributed by atoms with Gasteiger partial charge in [0.05, 0.1) is 13.2 Å². The summed E-state index contributed by atoms with van der Waals surface area (Å²) in [5.74, 6) is 0.582. The van der Waals surface area contributed by atoms with Crippen LogP contribution in [0.3, 0.4) is 0 Å². The van der Waals surface area contributed by atoms with Crippen LogP contribution in [0, 0.1) is 0 Å². The summed E-state index contributed by atoms with van der Waals surface area (Å²) in [6.07, 6.45) is 0.753. The van der Waals surface area contributed by atoms with E-state index in [2.05, 4.69) is 34.9 Å². The van der Waals surface area contributed by atoms with E-state index in [9.17, 15) is 4.79 Å². The maximum atomic E-state index is 13.2. The molecule has 170 valence electrons. The second-order valence-electron chi connectivity index (χ2n) is 8.16. The molecule has 0 fully saturated rings. The number of carbonyl (C=O) groups excluding carboxylic acids is 1. The van der Waals surface area contributed by atoms with Crippen LogP contribution in [0.5, 0.6) is 5.75 Å². The molecule has 0 N–H and O–H groups in total. The Labute approximate surface area is 199 Å². The fourth-order valence-electron chi connectivity index (χ4n) is 4.57. The van der Waals surface area contributed by atoms with Crippen molar-refractivity contribution in [2.75, 3.05) is 13.2 Å². The third kappa shape index (κ3) is 4.15. The molecule has 0 spiro atoms. The van der Waals surface area contributed by atoms with Crippen LogP contribution >= 0.6 is 0 Å². The smallest absolute Gasteiger partial charge is 0.355 e. The summed E-state index contributed by atoms with van der Waals surface area (Å²) in [5.41, 5.74) is 3.55. The maximum Gasteiger partial charge on any atom is 0.355 e. The quantitative estimate of drug-likeness (QED) is 0.187. The van der Waals surface area contributed by atoms with Gasteiger partial charge in [-0.1, -0.05) is 84.9 Å². The molecule has 4 nitrogen and oxygen atoms in total. The number of hydrogen-bond donors (Lipinski definition) is 0. The molecule has 0 unspecified atom stereocenters. The van der Waals surface area contributed by atoms with Crippen molar-refractivity contribution in [3.05, 3.63) is 103 Å². The summed E-state index contributed by atoms with van der Waals surface area (Å²) in [6.45, 7) is 3.36. The molecule has 5 aromatic rings. The van der Waals surface area contributed by atoms with E-state index >= 15 is 0 Å². The molecule has 0 atom stereocenters. The van der Waals surface area contributed by atoms with E-state index in [1.807, 2.05) is 73.7 Å². The average molecular weight is 450 g/mol. The van der Waals surface area contributed by atoms with Gasteiger partial charge in [-0.05, 0) is 36.4 Å². The third-order valence-electron chi connectivity index (χ3n) is 6.04. The first kappa shape index (κ1) is 21.8. The Kier molecular flexibility index (Phi) is 6.30. The number of nitrogens with zero attached hydrogens (tertiary/aromatic N) is 1. The van der Waals surface area contributed by atoms with Gasteiger partial charge in [-0.2, -0.15) is 0 Å². The molecule has 0 bridgehead atoms. The Morgan fingerprint density at radius 3 is 2.32 bits per heavy atom. The number of aromatic nitrogens is 1. The third-order valence-corrected chi connectivity index (χ3v) is 6.04. The first-order valence-corrected chi connectivity index (χ1v) is 11.7. The molecule has 0 amide bonds. The lowest BCUT2D eigenvalue weighted by Crippen LogP contribution is -2.15. The van der Waals surface area contributed by atoms with E-state index in [-0.39, 0.29) is 5.97 Å². The Morgan fingerprint density at radius 2 is 1.50 bits per heavy atom. The highest BCUT2D eigenvalue weighted by Crippen LogP contribution is 2.36. The first-order chi connectivity index (χ1) is 16.8. The summed E-state index contributed by atoms with van der Waals surface area (Å²) >= 11 is 0. The largest absolute Gasteiger partial charge is 0.493 e. The van der Waals surface area contributed by atoms with Crippen LogP contribution in [0.25, 0.3) is 32.8 Å². The Morgan fingerprint density at radius 1 is 0.794 bits per heavy atom. The number of hydrogen-bond acceptors (Lipinski definition) is 3. The summed E-state index contributed by atoms with van der Waals surface area (Å²) in [7, 11) is 0. The molecular formula is C30H27NO3. The zero-order chi connectivity index (χ0) is 23.3. The second-order valence-corrected chi connectivity index (χ2v) is 8.16. The number of carbonyl (C=O) groups is 1. The predicted octanol–water partition coefficient (Wildman–Crippen LogP) is 7.11. The molecule has 4 heteroatoms. The van der Waals surface area contributed by atoms with Crippen LogP contribution in [-0.4, -0.2) is 23.8 Å². The highest BCUT2D eigenvalue weighted by molar-refractivity contribution is 6.08. The highest BCUT2D eigenvalue weighted by atomic mass is 16.5. The molecule has 0 saturated heterocycles. The van der Waals surface area contributed by atoms with E-state index in [0.29, 0.717) is 25.5 Å². The molecule has 1 heterocycles. The van der Waals surface area contributed by atoms with E-state index < -0.39 is 0 Å². The van der Waals surface area contributed by atoms with E-state index in [0.717, 1.165) is 45.0 Å². The van der Waals surface area contributed by atoms with Crippen molar-refractivity contribution < 1.29 is 14.3 Å². The van der Waals surface area contributed by atoms with Gasteiger partial charge in [0.25, 0.3) is 0 Å². The van der Waals surface area contributed by atoms with Crippen molar-refractivity contribution in [3.8, 4) is 16.9 Å². The number of ether oxygens (including phenoxy) is 2. The molecule has 34 heavy (non-hydrogen) atoms. The summed E-state index contributed by atoms with van der Waals surface area (Å²) in [6, 6.07) is 32.5. The second kappa shape index (κ2) is 9.84. The van der Waals surface area contributed by atoms with Crippen LogP contribution in [0.15, 0.2) is 97.1 Å². The number of rotatable bonds is 8. The van der Waals surface area contributed by atoms with Gasteiger partial charge in [0.2, 0.25) is 0 Å².